The number of hydrogen-bond donors (Lipinski definition) is 0. The molecule has 0 aliphatic rings. The second-order valence-corrected chi connectivity index (χ2v) is 10.6. The molecule has 0 unspecified atom stereocenters. The third kappa shape index (κ3) is 4.17. The van der Waals surface area contributed by atoms with Crippen molar-refractivity contribution in [2.75, 3.05) is 0 Å². The standard InChI is InChI=1S/C44H28O/c1-3-13-29(14-4-1)31-23-25-34-35-26-24-32(28-42(35)45-41(34)27-31)43-37-19-9-11-21-39(37)44(40-22-12-10-20-38(40)43)36-18-8-7-17-33(36)30-15-5-2-6-16-30/h1-28H/i1D,2D,3D,4D,5D,6D,7D,8D,13D,14D,15D,16D,17D,18D. The van der Waals surface area contributed by atoms with E-state index in [4.69, 9.17) is 22.2 Å². The van der Waals surface area contributed by atoms with Crippen molar-refractivity contribution in [1.29, 1.82) is 0 Å². The summed E-state index contributed by atoms with van der Waals surface area (Å²) in [5.74, 6) is 0. The predicted molar refractivity (Wildman–Crippen MR) is 190 cm³/mol. The minimum Gasteiger partial charge on any atom is -0.456 e. The van der Waals surface area contributed by atoms with Gasteiger partial charge in [-0.25, -0.2) is 0 Å². The van der Waals surface area contributed by atoms with E-state index in [2.05, 4.69) is 0 Å². The summed E-state index contributed by atoms with van der Waals surface area (Å²) in [5.41, 5.74) is 2.84. The monoisotopic (exact) mass is 586 g/mol. The molecule has 8 aromatic carbocycles. The van der Waals surface area contributed by atoms with Crippen LogP contribution in [0, 0.1) is 0 Å². The summed E-state index contributed by atoms with van der Waals surface area (Å²) in [6.07, 6.45) is 0. The van der Waals surface area contributed by atoms with Crippen molar-refractivity contribution in [1.82, 2.24) is 0 Å². The largest absolute Gasteiger partial charge is 0.456 e. The van der Waals surface area contributed by atoms with E-state index in [-0.39, 0.29) is 34.3 Å². The Kier molecular flexibility index (Phi) is 3.50. The van der Waals surface area contributed by atoms with Gasteiger partial charge in [0.25, 0.3) is 0 Å². The highest BCUT2D eigenvalue weighted by atomic mass is 16.3. The van der Waals surface area contributed by atoms with E-state index in [1.165, 1.54) is 0 Å². The Labute approximate surface area is 281 Å². The number of hydrogen-bond acceptors (Lipinski definition) is 1. The Morgan fingerprint density at radius 1 is 0.356 bits per heavy atom. The van der Waals surface area contributed by atoms with Crippen molar-refractivity contribution in [3.05, 3.63) is 170 Å². The average molecular weight is 587 g/mol. The van der Waals surface area contributed by atoms with E-state index in [1.54, 1.807) is 30.3 Å². The van der Waals surface area contributed by atoms with Crippen LogP contribution in [0.5, 0.6) is 0 Å². The fourth-order valence-corrected chi connectivity index (χ4v) is 6.25. The SMILES string of the molecule is [2H]c1c([2H])c([2H])c(-c2ccc3c(c2)oc2cc(-c4c5ccccc5c(-c5c([2H])c([2H])c([2H])c([2H])c5-c5c([2H])c([2H])c([2H])c([2H])c5[2H])c5ccccc45)ccc23)c([2H])c1[2H]. The van der Waals surface area contributed by atoms with Crippen molar-refractivity contribution in [2.45, 2.75) is 0 Å². The molecule has 0 saturated heterocycles. The minimum absolute atomic E-state index is 0.00358. The molecule has 9 rings (SSSR count). The lowest BCUT2D eigenvalue weighted by atomic mass is 9.84. The Bertz CT molecular complexity index is 3220. The van der Waals surface area contributed by atoms with Crippen molar-refractivity contribution in [3.63, 3.8) is 0 Å². The Hall–Kier alpha value is -5.92. The first kappa shape index (κ1) is 15.2. The molecule has 0 bridgehead atoms. The molecule has 0 atom stereocenters. The van der Waals surface area contributed by atoms with Gasteiger partial charge in [0.15, 0.2) is 0 Å². The second-order valence-electron chi connectivity index (χ2n) is 10.6. The number of furan rings is 1. The lowest BCUT2D eigenvalue weighted by molar-refractivity contribution is 0.669. The highest BCUT2D eigenvalue weighted by Crippen LogP contribution is 2.46. The molecule has 0 aliphatic carbocycles. The van der Waals surface area contributed by atoms with Gasteiger partial charge in [-0.3, -0.25) is 0 Å². The van der Waals surface area contributed by atoms with Gasteiger partial charge in [0.2, 0.25) is 0 Å². The smallest absolute Gasteiger partial charge is 0.136 e. The quantitative estimate of drug-likeness (QED) is 0.187. The van der Waals surface area contributed by atoms with E-state index in [0.717, 1.165) is 21.9 Å². The van der Waals surface area contributed by atoms with E-state index >= 15 is 0 Å². The number of fused-ring (bicyclic) bond motifs is 5. The van der Waals surface area contributed by atoms with Crippen molar-refractivity contribution in [3.8, 4) is 44.5 Å². The first-order valence-corrected chi connectivity index (χ1v) is 14.3. The Balaban J connectivity index is 1.32. The molecule has 0 fully saturated rings. The molecular formula is C44H28O. The highest BCUT2D eigenvalue weighted by Gasteiger charge is 2.19. The second kappa shape index (κ2) is 10.4. The van der Waals surface area contributed by atoms with Gasteiger partial charge in [0.1, 0.15) is 11.2 Å². The van der Waals surface area contributed by atoms with Crippen LogP contribution in [-0.4, -0.2) is 0 Å². The number of benzene rings is 8. The van der Waals surface area contributed by atoms with Gasteiger partial charge < -0.3 is 4.42 Å². The first-order valence-electron chi connectivity index (χ1n) is 21.3. The number of rotatable bonds is 4. The third-order valence-corrected chi connectivity index (χ3v) is 8.17. The lowest BCUT2D eigenvalue weighted by Crippen LogP contribution is -1.92. The molecule has 0 spiro atoms. The predicted octanol–water partition coefficient (Wildman–Crippen LogP) is 12.6. The zero-order chi connectivity index (χ0) is 41.9. The van der Waals surface area contributed by atoms with Gasteiger partial charge in [-0.1, -0.05) is 145 Å². The van der Waals surface area contributed by atoms with Gasteiger partial charge in [0.05, 0.1) is 19.2 Å². The average Bonchev–Trinajstić information content (AvgIpc) is 3.61. The van der Waals surface area contributed by atoms with Crippen molar-refractivity contribution >= 4 is 43.5 Å². The van der Waals surface area contributed by atoms with Crippen LogP contribution >= 0.6 is 0 Å². The van der Waals surface area contributed by atoms with Crippen molar-refractivity contribution < 1.29 is 23.6 Å². The molecule has 0 radical (unpaired) electrons. The molecule has 45 heavy (non-hydrogen) atoms. The lowest BCUT2D eigenvalue weighted by Gasteiger charge is -2.19. The zero-order valence-electron chi connectivity index (χ0n) is 37.5. The maximum atomic E-state index is 9.28. The summed E-state index contributed by atoms with van der Waals surface area (Å²) < 4.78 is 126. The van der Waals surface area contributed by atoms with Gasteiger partial charge >= 0.3 is 0 Å². The molecule has 0 saturated carbocycles. The van der Waals surface area contributed by atoms with Gasteiger partial charge in [-0.2, -0.15) is 0 Å². The van der Waals surface area contributed by atoms with Crippen LogP contribution < -0.4 is 0 Å². The van der Waals surface area contributed by atoms with E-state index < -0.39 is 72.5 Å². The van der Waals surface area contributed by atoms with Gasteiger partial charge in [-0.15, -0.1) is 0 Å². The third-order valence-electron chi connectivity index (χ3n) is 8.17. The first-order chi connectivity index (χ1) is 28.1. The molecule has 0 amide bonds. The highest BCUT2D eigenvalue weighted by molar-refractivity contribution is 6.23. The van der Waals surface area contributed by atoms with Crippen LogP contribution in [-0.2, 0) is 0 Å². The summed E-state index contributed by atoms with van der Waals surface area (Å²) in [7, 11) is 0. The summed E-state index contributed by atoms with van der Waals surface area (Å²) in [6, 6.07) is 18.5. The van der Waals surface area contributed by atoms with Crippen LogP contribution in [0.1, 0.15) is 19.2 Å². The molecule has 1 heteroatoms. The van der Waals surface area contributed by atoms with Crippen LogP contribution in [0.3, 0.4) is 0 Å². The van der Waals surface area contributed by atoms with E-state index in [0.29, 0.717) is 43.8 Å². The van der Waals surface area contributed by atoms with Crippen molar-refractivity contribution in [2.24, 2.45) is 0 Å². The summed E-state index contributed by atoms with van der Waals surface area (Å²) in [5, 5.41) is 4.14. The topological polar surface area (TPSA) is 13.1 Å². The maximum Gasteiger partial charge on any atom is 0.136 e. The normalized spacial score (nSPS) is 15.9. The van der Waals surface area contributed by atoms with Gasteiger partial charge in [0, 0.05) is 10.8 Å². The molecule has 1 heterocycles. The maximum absolute atomic E-state index is 9.28. The fourth-order valence-electron chi connectivity index (χ4n) is 6.25. The summed E-state index contributed by atoms with van der Waals surface area (Å²) in [6.45, 7) is 0. The fraction of sp³-hybridized carbons (Fsp3) is 0. The Morgan fingerprint density at radius 3 is 1.42 bits per heavy atom. The summed E-state index contributed by atoms with van der Waals surface area (Å²) >= 11 is 0. The van der Waals surface area contributed by atoms with Crippen LogP contribution in [0.2, 0.25) is 0 Å². The van der Waals surface area contributed by atoms with Crippen LogP contribution in [0.25, 0.3) is 88.0 Å². The van der Waals surface area contributed by atoms with E-state index in [9.17, 15) is 1.37 Å². The molecule has 0 aliphatic heterocycles. The molecule has 9 aromatic rings. The Morgan fingerprint density at radius 2 is 0.822 bits per heavy atom. The van der Waals surface area contributed by atoms with Crippen LogP contribution in [0.4, 0.5) is 0 Å². The molecule has 1 aromatic heterocycles. The minimum atomic E-state index is -0.629. The zero-order valence-corrected chi connectivity index (χ0v) is 23.5. The van der Waals surface area contributed by atoms with Gasteiger partial charge in [-0.05, 0) is 90.3 Å². The molecule has 210 valence electrons. The molecule has 1 nitrogen and oxygen atoms in total. The summed E-state index contributed by atoms with van der Waals surface area (Å²) in [4.78, 5) is 0. The van der Waals surface area contributed by atoms with Crippen LogP contribution in [0.15, 0.2) is 174 Å². The molecular weight excluding hydrogens is 544 g/mol. The van der Waals surface area contributed by atoms with E-state index in [1.807, 2.05) is 54.6 Å². The molecule has 0 N–H and O–H groups in total.